The molecule has 1 unspecified atom stereocenters. The number of amides is 2. The summed E-state index contributed by atoms with van der Waals surface area (Å²) in [7, 11) is 0. The van der Waals surface area contributed by atoms with Gasteiger partial charge in [0.2, 0.25) is 5.91 Å². The van der Waals surface area contributed by atoms with Crippen LogP contribution < -0.4 is 0 Å². The number of hydrogen-bond acceptors (Lipinski definition) is 2. The molecule has 0 fully saturated rings. The Morgan fingerprint density at radius 2 is 1.94 bits per heavy atom. The normalized spacial score (nSPS) is 19.9. The van der Waals surface area contributed by atoms with Gasteiger partial charge in [-0.1, -0.05) is 46.3 Å². The lowest BCUT2D eigenvalue weighted by molar-refractivity contribution is -0.139. The molecule has 1 aromatic carbocycles. The van der Waals surface area contributed by atoms with Crippen LogP contribution in [0, 0.1) is 0 Å². The number of carbonyl (C=O) groups is 2. The van der Waals surface area contributed by atoms with E-state index in [1.807, 2.05) is 30.3 Å². The third kappa shape index (κ3) is 1.80. The molecule has 0 aromatic heterocycles. The smallest absolute Gasteiger partial charge is 0.254 e. The number of imide groups is 1. The van der Waals surface area contributed by atoms with Gasteiger partial charge in [-0.2, -0.15) is 0 Å². The second-order valence-electron chi connectivity index (χ2n) is 3.53. The average molecular weight is 280 g/mol. The number of halogens is 1. The summed E-state index contributed by atoms with van der Waals surface area (Å²) in [5, 5.41) is 0. The molecule has 2 amide bonds. The highest BCUT2D eigenvalue weighted by Crippen LogP contribution is 2.32. The van der Waals surface area contributed by atoms with E-state index in [2.05, 4.69) is 15.9 Å². The van der Waals surface area contributed by atoms with E-state index < -0.39 is 0 Å². The fraction of sp³-hybridized carbons (Fsp3) is 0.167. The zero-order valence-electron chi connectivity index (χ0n) is 8.68. The van der Waals surface area contributed by atoms with Gasteiger partial charge in [-0.15, -0.1) is 0 Å². The van der Waals surface area contributed by atoms with Gasteiger partial charge in [-0.25, -0.2) is 0 Å². The van der Waals surface area contributed by atoms with Crippen molar-refractivity contribution in [1.82, 2.24) is 4.90 Å². The lowest BCUT2D eigenvalue weighted by atomic mass is 10.1. The first-order valence-corrected chi connectivity index (χ1v) is 5.77. The second-order valence-corrected chi connectivity index (χ2v) is 4.40. The van der Waals surface area contributed by atoms with E-state index in [4.69, 9.17) is 0 Å². The van der Waals surface area contributed by atoms with Crippen molar-refractivity contribution in [3.05, 3.63) is 42.0 Å². The van der Waals surface area contributed by atoms with Crippen molar-refractivity contribution in [2.75, 3.05) is 0 Å². The predicted octanol–water partition coefficient (Wildman–Crippen LogP) is 2.18. The van der Waals surface area contributed by atoms with Crippen LogP contribution >= 0.6 is 15.9 Å². The molecular formula is C12H10BrNO2. The van der Waals surface area contributed by atoms with Crippen LogP contribution in [0.5, 0.6) is 0 Å². The molecule has 3 nitrogen and oxygen atoms in total. The van der Waals surface area contributed by atoms with Gasteiger partial charge >= 0.3 is 0 Å². The molecule has 1 atom stereocenters. The topological polar surface area (TPSA) is 37.4 Å². The van der Waals surface area contributed by atoms with E-state index in [1.54, 1.807) is 0 Å². The fourth-order valence-corrected chi connectivity index (χ4v) is 2.58. The number of nitrogens with zero attached hydrogens (tertiary/aromatic N) is 1. The van der Waals surface area contributed by atoms with E-state index in [9.17, 15) is 9.59 Å². The molecule has 0 N–H and O–H groups in total. The summed E-state index contributed by atoms with van der Waals surface area (Å²) in [6, 6.07) is 9.54. The third-order valence-corrected chi connectivity index (χ3v) is 3.35. The van der Waals surface area contributed by atoms with Crippen LogP contribution in [0.1, 0.15) is 12.5 Å². The zero-order valence-corrected chi connectivity index (χ0v) is 10.3. The molecule has 82 valence electrons. The molecule has 1 aliphatic heterocycles. The van der Waals surface area contributed by atoms with Gasteiger partial charge in [-0.3, -0.25) is 14.5 Å². The van der Waals surface area contributed by atoms with Crippen molar-refractivity contribution in [2.24, 2.45) is 0 Å². The summed E-state index contributed by atoms with van der Waals surface area (Å²) in [6.45, 7) is 1.38. The highest BCUT2D eigenvalue weighted by atomic mass is 79.9. The fourth-order valence-electron chi connectivity index (χ4n) is 1.69. The monoisotopic (exact) mass is 279 g/mol. The number of alkyl halides is 1. The Bertz CT molecular complexity index is 467. The van der Waals surface area contributed by atoms with Crippen LogP contribution in [-0.2, 0) is 9.59 Å². The van der Waals surface area contributed by atoms with E-state index in [1.165, 1.54) is 17.9 Å². The molecule has 0 spiro atoms. The molecule has 0 radical (unpaired) electrons. The minimum absolute atomic E-state index is 0.256. The Labute approximate surface area is 102 Å². The van der Waals surface area contributed by atoms with Gasteiger partial charge in [-0.05, 0) is 11.1 Å². The first-order chi connectivity index (χ1) is 7.61. The predicted molar refractivity (Wildman–Crippen MR) is 64.7 cm³/mol. The molecule has 1 aliphatic rings. The summed E-state index contributed by atoms with van der Waals surface area (Å²) in [6.07, 6.45) is 1.50. The first kappa shape index (κ1) is 11.1. The van der Waals surface area contributed by atoms with Gasteiger partial charge < -0.3 is 0 Å². The highest BCUT2D eigenvalue weighted by molar-refractivity contribution is 9.09. The van der Waals surface area contributed by atoms with E-state index in [0.29, 0.717) is 0 Å². The molecule has 0 saturated heterocycles. The standard InChI is InChI=1S/C12H10BrNO2/c1-8(15)14-11(16)7-10(12(14)13)9-5-3-2-4-6-9/h2-7,12H,1H3. The van der Waals surface area contributed by atoms with Crippen LogP contribution in [0.4, 0.5) is 0 Å². The van der Waals surface area contributed by atoms with Gasteiger partial charge in [0.25, 0.3) is 5.91 Å². The van der Waals surface area contributed by atoms with E-state index >= 15 is 0 Å². The Balaban J connectivity index is 2.36. The summed E-state index contributed by atoms with van der Waals surface area (Å²) in [4.78, 5) is 23.7. The maximum atomic E-state index is 11.6. The largest absolute Gasteiger partial charge is 0.275 e. The first-order valence-electron chi connectivity index (χ1n) is 4.86. The van der Waals surface area contributed by atoms with Crippen LogP contribution in [0.2, 0.25) is 0 Å². The highest BCUT2D eigenvalue weighted by Gasteiger charge is 2.33. The van der Waals surface area contributed by atoms with Crippen molar-refractivity contribution in [3.8, 4) is 0 Å². The van der Waals surface area contributed by atoms with Gasteiger partial charge in [0.15, 0.2) is 0 Å². The summed E-state index contributed by atoms with van der Waals surface area (Å²) in [5.41, 5.74) is 1.77. The van der Waals surface area contributed by atoms with Crippen LogP contribution in [0.25, 0.3) is 5.57 Å². The molecular weight excluding hydrogens is 270 g/mol. The van der Waals surface area contributed by atoms with Crippen molar-refractivity contribution in [3.63, 3.8) is 0 Å². The molecule has 0 bridgehead atoms. The minimum Gasteiger partial charge on any atom is -0.275 e. The van der Waals surface area contributed by atoms with Crippen molar-refractivity contribution >= 4 is 33.3 Å². The Morgan fingerprint density at radius 1 is 1.31 bits per heavy atom. The lowest BCUT2D eigenvalue weighted by Crippen LogP contribution is -2.35. The summed E-state index contributed by atoms with van der Waals surface area (Å²) in [5.74, 6) is -0.526. The van der Waals surface area contributed by atoms with Gasteiger partial charge in [0, 0.05) is 13.0 Å². The van der Waals surface area contributed by atoms with Gasteiger partial charge in [0.1, 0.15) is 4.95 Å². The Morgan fingerprint density at radius 3 is 2.44 bits per heavy atom. The van der Waals surface area contributed by atoms with Crippen molar-refractivity contribution < 1.29 is 9.59 Å². The minimum atomic E-state index is -0.361. The van der Waals surface area contributed by atoms with E-state index in [-0.39, 0.29) is 16.8 Å². The maximum Gasteiger partial charge on any atom is 0.254 e. The molecule has 2 rings (SSSR count). The quantitative estimate of drug-likeness (QED) is 0.584. The maximum absolute atomic E-state index is 11.6. The molecule has 1 aromatic rings. The number of carbonyl (C=O) groups excluding carboxylic acids is 2. The van der Waals surface area contributed by atoms with E-state index in [0.717, 1.165) is 11.1 Å². The molecule has 1 heterocycles. The van der Waals surface area contributed by atoms with Crippen molar-refractivity contribution in [1.29, 1.82) is 0 Å². The van der Waals surface area contributed by atoms with Gasteiger partial charge in [0.05, 0.1) is 0 Å². The van der Waals surface area contributed by atoms with Crippen LogP contribution in [0.15, 0.2) is 36.4 Å². The average Bonchev–Trinajstić information content (AvgIpc) is 2.55. The van der Waals surface area contributed by atoms with Crippen molar-refractivity contribution in [2.45, 2.75) is 11.9 Å². The summed E-state index contributed by atoms with van der Waals surface area (Å²) < 4.78 is 0. The Hall–Kier alpha value is -1.42. The molecule has 0 aliphatic carbocycles. The lowest BCUT2D eigenvalue weighted by Gasteiger charge is -2.18. The summed E-state index contributed by atoms with van der Waals surface area (Å²) >= 11 is 3.36. The molecule has 16 heavy (non-hydrogen) atoms. The second kappa shape index (κ2) is 4.22. The zero-order chi connectivity index (χ0) is 11.7. The Kier molecular flexibility index (Phi) is 2.92. The third-order valence-electron chi connectivity index (χ3n) is 2.45. The SMILES string of the molecule is CC(=O)N1C(=O)C=C(c2ccccc2)C1Br. The molecule has 0 saturated carbocycles. The van der Waals surface area contributed by atoms with Crippen LogP contribution in [0.3, 0.4) is 0 Å². The number of benzene rings is 1. The number of hydrogen-bond donors (Lipinski definition) is 0. The van der Waals surface area contributed by atoms with Crippen LogP contribution in [-0.4, -0.2) is 21.7 Å². The number of rotatable bonds is 1. The molecule has 4 heteroatoms.